The van der Waals surface area contributed by atoms with E-state index in [2.05, 4.69) is 27.7 Å². The molecule has 0 heterocycles. The number of hydrogen-bond donors (Lipinski definition) is 0. The highest BCUT2D eigenvalue weighted by Crippen LogP contribution is 2.44. The lowest BCUT2D eigenvalue weighted by Gasteiger charge is -2.28. The molecular weight excluding hydrogens is 168 g/mol. The maximum absolute atomic E-state index is 2.47. The molecule has 14 heavy (non-hydrogen) atoms. The summed E-state index contributed by atoms with van der Waals surface area (Å²) < 4.78 is 0. The van der Waals surface area contributed by atoms with E-state index >= 15 is 0 Å². The lowest BCUT2D eigenvalue weighted by atomic mass is 9.77. The molecule has 4 unspecified atom stereocenters. The monoisotopic (exact) mass is 196 g/mol. The highest BCUT2D eigenvalue weighted by atomic mass is 14.4. The first kappa shape index (κ1) is 12.1. The Morgan fingerprint density at radius 1 is 1.21 bits per heavy atom. The summed E-state index contributed by atoms with van der Waals surface area (Å²) in [4.78, 5) is 0. The summed E-state index contributed by atoms with van der Waals surface area (Å²) in [6, 6.07) is 0. The topological polar surface area (TPSA) is 0 Å². The molecule has 0 N–H and O–H groups in total. The van der Waals surface area contributed by atoms with Gasteiger partial charge in [-0.25, -0.2) is 0 Å². The molecule has 84 valence electrons. The summed E-state index contributed by atoms with van der Waals surface area (Å²) in [5.41, 5.74) is 0. The molecular formula is C14H28. The lowest BCUT2D eigenvalue weighted by Crippen LogP contribution is -2.21. The maximum atomic E-state index is 2.47. The first-order valence-corrected chi connectivity index (χ1v) is 6.70. The second-order valence-corrected chi connectivity index (χ2v) is 5.42. The normalized spacial score (nSPS) is 34.7. The predicted molar refractivity (Wildman–Crippen MR) is 64.4 cm³/mol. The van der Waals surface area contributed by atoms with Crippen LogP contribution in [0.1, 0.15) is 66.2 Å². The van der Waals surface area contributed by atoms with Crippen LogP contribution in [0.3, 0.4) is 0 Å². The van der Waals surface area contributed by atoms with Crippen molar-refractivity contribution in [2.45, 2.75) is 66.2 Å². The smallest absolute Gasteiger partial charge is 0.0334 e. The summed E-state index contributed by atoms with van der Waals surface area (Å²) in [5.74, 6) is 4.03. The van der Waals surface area contributed by atoms with Gasteiger partial charge in [-0.15, -0.1) is 0 Å². The molecule has 1 aliphatic rings. The SMILES string of the molecule is CCCCC1CCC(C)C1C(C)CC. The summed E-state index contributed by atoms with van der Waals surface area (Å²) in [5, 5.41) is 0. The number of hydrogen-bond acceptors (Lipinski definition) is 0. The zero-order chi connectivity index (χ0) is 10.6. The zero-order valence-electron chi connectivity index (χ0n) is 10.6. The van der Waals surface area contributed by atoms with Crippen LogP contribution in [-0.4, -0.2) is 0 Å². The average Bonchev–Trinajstić information content (AvgIpc) is 2.55. The van der Waals surface area contributed by atoms with Gasteiger partial charge in [0.15, 0.2) is 0 Å². The molecule has 0 saturated heterocycles. The van der Waals surface area contributed by atoms with Gasteiger partial charge in [0, 0.05) is 0 Å². The van der Waals surface area contributed by atoms with Crippen LogP contribution in [0.15, 0.2) is 0 Å². The average molecular weight is 196 g/mol. The molecule has 0 radical (unpaired) electrons. The van der Waals surface area contributed by atoms with Crippen molar-refractivity contribution >= 4 is 0 Å². The predicted octanol–water partition coefficient (Wildman–Crippen LogP) is 4.89. The largest absolute Gasteiger partial charge is 0.0654 e. The van der Waals surface area contributed by atoms with E-state index in [0.717, 1.165) is 23.7 Å². The molecule has 0 bridgehead atoms. The highest BCUT2D eigenvalue weighted by molar-refractivity contribution is 4.85. The van der Waals surface area contributed by atoms with Crippen LogP contribution in [0.4, 0.5) is 0 Å². The fourth-order valence-corrected chi connectivity index (χ4v) is 3.43. The molecule has 0 nitrogen and oxygen atoms in total. The Balaban J connectivity index is 2.48. The Hall–Kier alpha value is 0. The fraction of sp³-hybridized carbons (Fsp3) is 1.00. The minimum Gasteiger partial charge on any atom is -0.0654 e. The molecule has 0 spiro atoms. The van der Waals surface area contributed by atoms with E-state index < -0.39 is 0 Å². The van der Waals surface area contributed by atoms with Gasteiger partial charge in [0.05, 0.1) is 0 Å². The molecule has 1 saturated carbocycles. The summed E-state index contributed by atoms with van der Waals surface area (Å²) in [6.07, 6.45) is 8.69. The van der Waals surface area contributed by atoms with Gasteiger partial charge in [0.2, 0.25) is 0 Å². The molecule has 0 aliphatic heterocycles. The van der Waals surface area contributed by atoms with Crippen LogP contribution in [0, 0.1) is 23.7 Å². The second kappa shape index (κ2) is 5.78. The molecule has 0 heteroatoms. The third-order valence-electron chi connectivity index (χ3n) is 4.42. The van der Waals surface area contributed by atoms with Crippen molar-refractivity contribution < 1.29 is 0 Å². The maximum Gasteiger partial charge on any atom is -0.0334 e. The third-order valence-corrected chi connectivity index (χ3v) is 4.42. The van der Waals surface area contributed by atoms with Gasteiger partial charge < -0.3 is 0 Å². The van der Waals surface area contributed by atoms with Crippen LogP contribution >= 0.6 is 0 Å². The van der Waals surface area contributed by atoms with Gasteiger partial charge in [-0.05, 0) is 30.1 Å². The molecule has 1 aliphatic carbocycles. The molecule has 0 aromatic carbocycles. The van der Waals surface area contributed by atoms with Crippen molar-refractivity contribution in [2.75, 3.05) is 0 Å². The Morgan fingerprint density at radius 2 is 1.93 bits per heavy atom. The van der Waals surface area contributed by atoms with Crippen LogP contribution in [-0.2, 0) is 0 Å². The standard InChI is InChI=1S/C14H28/c1-5-7-8-13-10-9-12(4)14(13)11(3)6-2/h11-14H,5-10H2,1-4H3. The van der Waals surface area contributed by atoms with Crippen molar-refractivity contribution in [3.63, 3.8) is 0 Å². The van der Waals surface area contributed by atoms with E-state index in [1.165, 1.54) is 38.5 Å². The van der Waals surface area contributed by atoms with Gasteiger partial charge in [-0.2, -0.15) is 0 Å². The van der Waals surface area contributed by atoms with Crippen LogP contribution in [0.2, 0.25) is 0 Å². The molecule has 0 amide bonds. The molecule has 1 fully saturated rings. The van der Waals surface area contributed by atoms with Crippen molar-refractivity contribution in [2.24, 2.45) is 23.7 Å². The zero-order valence-corrected chi connectivity index (χ0v) is 10.6. The fourth-order valence-electron chi connectivity index (χ4n) is 3.43. The van der Waals surface area contributed by atoms with Gasteiger partial charge >= 0.3 is 0 Å². The van der Waals surface area contributed by atoms with Gasteiger partial charge in [-0.1, -0.05) is 59.8 Å². The van der Waals surface area contributed by atoms with Crippen LogP contribution < -0.4 is 0 Å². The lowest BCUT2D eigenvalue weighted by molar-refractivity contribution is 0.211. The first-order chi connectivity index (χ1) is 6.70. The summed E-state index contributed by atoms with van der Waals surface area (Å²) >= 11 is 0. The minimum absolute atomic E-state index is 0.953. The van der Waals surface area contributed by atoms with Crippen molar-refractivity contribution in [1.82, 2.24) is 0 Å². The molecule has 1 rings (SSSR count). The van der Waals surface area contributed by atoms with Gasteiger partial charge in [-0.3, -0.25) is 0 Å². The van der Waals surface area contributed by atoms with E-state index in [9.17, 15) is 0 Å². The Morgan fingerprint density at radius 3 is 2.50 bits per heavy atom. The third kappa shape index (κ3) is 2.74. The Bertz CT molecular complexity index is 150. The van der Waals surface area contributed by atoms with Crippen LogP contribution in [0.25, 0.3) is 0 Å². The Labute approximate surface area is 90.5 Å². The number of unbranched alkanes of at least 4 members (excludes halogenated alkanes) is 1. The van der Waals surface area contributed by atoms with E-state index in [-0.39, 0.29) is 0 Å². The number of rotatable bonds is 5. The van der Waals surface area contributed by atoms with Crippen molar-refractivity contribution in [3.8, 4) is 0 Å². The van der Waals surface area contributed by atoms with E-state index in [4.69, 9.17) is 0 Å². The highest BCUT2D eigenvalue weighted by Gasteiger charge is 2.35. The van der Waals surface area contributed by atoms with Crippen molar-refractivity contribution in [3.05, 3.63) is 0 Å². The van der Waals surface area contributed by atoms with Gasteiger partial charge in [0.25, 0.3) is 0 Å². The first-order valence-electron chi connectivity index (χ1n) is 6.70. The molecule has 0 aromatic heterocycles. The molecule has 0 aromatic rings. The van der Waals surface area contributed by atoms with Crippen LogP contribution in [0.5, 0.6) is 0 Å². The minimum atomic E-state index is 0.953. The van der Waals surface area contributed by atoms with E-state index in [0.29, 0.717) is 0 Å². The van der Waals surface area contributed by atoms with Gasteiger partial charge in [0.1, 0.15) is 0 Å². The molecule has 4 atom stereocenters. The summed E-state index contributed by atoms with van der Waals surface area (Å²) in [6.45, 7) is 9.61. The Kier molecular flexibility index (Phi) is 4.98. The van der Waals surface area contributed by atoms with E-state index in [1.54, 1.807) is 0 Å². The quantitative estimate of drug-likeness (QED) is 0.587. The summed E-state index contributed by atoms with van der Waals surface area (Å²) in [7, 11) is 0. The van der Waals surface area contributed by atoms with E-state index in [1.807, 2.05) is 0 Å². The van der Waals surface area contributed by atoms with Crippen molar-refractivity contribution in [1.29, 1.82) is 0 Å². The second-order valence-electron chi connectivity index (χ2n) is 5.42.